The molecule has 110 valence electrons. The first-order valence-electron chi connectivity index (χ1n) is 6.62. The van der Waals surface area contributed by atoms with Crippen molar-refractivity contribution in [3.63, 3.8) is 0 Å². The molecule has 0 saturated heterocycles. The van der Waals surface area contributed by atoms with Crippen LogP contribution in [0.25, 0.3) is 5.57 Å². The van der Waals surface area contributed by atoms with Gasteiger partial charge in [-0.15, -0.1) is 0 Å². The average Bonchev–Trinajstić information content (AvgIpc) is 2.47. The predicted octanol–water partition coefficient (Wildman–Crippen LogP) is 3.82. The summed E-state index contributed by atoms with van der Waals surface area (Å²) in [6, 6.07) is 14.1. The normalized spacial score (nSPS) is 17.9. The fourth-order valence-electron chi connectivity index (χ4n) is 2.50. The second kappa shape index (κ2) is 5.95. The van der Waals surface area contributed by atoms with Crippen LogP contribution in [0.5, 0.6) is 0 Å². The number of hydrogen-bond donors (Lipinski definition) is 1. The minimum atomic E-state index is -0.586. The zero-order valence-corrected chi connectivity index (χ0v) is 12.9. The summed E-state index contributed by atoms with van der Waals surface area (Å²) in [5, 5.41) is 3.47. The zero-order valence-electron chi connectivity index (χ0n) is 11.3. The molecular weight excluding hydrogens is 321 g/mol. The summed E-state index contributed by atoms with van der Waals surface area (Å²) in [5.41, 5.74) is 2.14. The van der Waals surface area contributed by atoms with Crippen LogP contribution in [0.15, 0.2) is 54.6 Å². The van der Waals surface area contributed by atoms with E-state index in [-0.39, 0.29) is 5.91 Å². The van der Waals surface area contributed by atoms with E-state index in [0.717, 1.165) is 11.1 Å². The van der Waals surface area contributed by atoms with Crippen molar-refractivity contribution in [2.24, 2.45) is 0 Å². The highest BCUT2D eigenvalue weighted by Crippen LogP contribution is 2.35. The van der Waals surface area contributed by atoms with E-state index in [1.165, 1.54) is 6.08 Å². The number of hydrogen-bond acceptors (Lipinski definition) is 2. The molecule has 1 atom stereocenters. The molecular formula is C17H11Cl2NO2. The Labute approximate surface area is 137 Å². The van der Waals surface area contributed by atoms with Gasteiger partial charge in [0.25, 0.3) is 5.91 Å². The van der Waals surface area contributed by atoms with Crippen molar-refractivity contribution in [1.82, 2.24) is 5.32 Å². The van der Waals surface area contributed by atoms with Gasteiger partial charge in [0.15, 0.2) is 0 Å². The molecule has 1 aliphatic rings. The highest BCUT2D eigenvalue weighted by atomic mass is 35.5. The van der Waals surface area contributed by atoms with E-state index in [0.29, 0.717) is 15.6 Å². The fraction of sp³-hybridized carbons (Fsp3) is 0.0588. The Balaban J connectivity index is 2.12. The average molecular weight is 332 g/mol. The van der Waals surface area contributed by atoms with Crippen LogP contribution in [0.1, 0.15) is 17.0 Å². The summed E-state index contributed by atoms with van der Waals surface area (Å²) in [5.74, 6) is -1.37. The van der Waals surface area contributed by atoms with Gasteiger partial charge in [-0.25, -0.2) is 0 Å². The van der Waals surface area contributed by atoms with Crippen LogP contribution in [-0.2, 0) is 9.59 Å². The van der Waals surface area contributed by atoms with E-state index in [1.54, 1.807) is 42.5 Å². The zero-order chi connectivity index (χ0) is 15.7. The van der Waals surface area contributed by atoms with Crippen LogP contribution < -0.4 is 5.32 Å². The van der Waals surface area contributed by atoms with Crippen LogP contribution in [0.3, 0.4) is 0 Å². The Kier molecular flexibility index (Phi) is 4.01. The van der Waals surface area contributed by atoms with Gasteiger partial charge in [0, 0.05) is 16.1 Å². The van der Waals surface area contributed by atoms with Crippen molar-refractivity contribution in [3.8, 4) is 0 Å². The third-order valence-electron chi connectivity index (χ3n) is 3.47. The smallest absolute Gasteiger partial charge is 0.250 e. The molecule has 3 rings (SSSR count). The van der Waals surface area contributed by atoms with Gasteiger partial charge in [0.05, 0.1) is 5.92 Å². The van der Waals surface area contributed by atoms with Crippen LogP contribution in [0.2, 0.25) is 10.0 Å². The van der Waals surface area contributed by atoms with Gasteiger partial charge >= 0.3 is 0 Å². The lowest BCUT2D eigenvalue weighted by molar-refractivity contribution is -0.128. The summed E-state index contributed by atoms with van der Waals surface area (Å²) >= 11 is 11.9. The van der Waals surface area contributed by atoms with Crippen LogP contribution in [0.4, 0.5) is 0 Å². The summed E-state index contributed by atoms with van der Waals surface area (Å²) in [6.45, 7) is 0. The predicted molar refractivity (Wildman–Crippen MR) is 86.8 cm³/mol. The van der Waals surface area contributed by atoms with Gasteiger partial charge in [-0.1, -0.05) is 47.5 Å². The van der Waals surface area contributed by atoms with Crippen LogP contribution >= 0.6 is 23.2 Å². The molecule has 1 heterocycles. The van der Waals surface area contributed by atoms with Gasteiger partial charge in [-0.05, 0) is 41.0 Å². The first-order valence-corrected chi connectivity index (χ1v) is 7.38. The Bertz CT molecular complexity index is 782. The van der Waals surface area contributed by atoms with E-state index in [1.807, 2.05) is 6.07 Å². The van der Waals surface area contributed by atoms with E-state index >= 15 is 0 Å². The molecule has 2 aromatic rings. The van der Waals surface area contributed by atoms with Gasteiger partial charge in [0.2, 0.25) is 5.91 Å². The third kappa shape index (κ3) is 2.91. The molecule has 5 heteroatoms. The van der Waals surface area contributed by atoms with Crippen LogP contribution in [-0.4, -0.2) is 11.8 Å². The van der Waals surface area contributed by atoms with E-state index < -0.39 is 11.8 Å². The summed E-state index contributed by atoms with van der Waals surface area (Å²) < 4.78 is 0. The molecule has 1 unspecified atom stereocenters. The molecule has 0 bridgehead atoms. The van der Waals surface area contributed by atoms with Gasteiger partial charge in [-0.3, -0.25) is 14.9 Å². The number of halogens is 2. The lowest BCUT2D eigenvalue weighted by Gasteiger charge is -2.24. The number of benzene rings is 2. The van der Waals surface area contributed by atoms with Crippen molar-refractivity contribution in [2.45, 2.75) is 5.92 Å². The lowest BCUT2D eigenvalue weighted by Crippen LogP contribution is -2.38. The molecule has 3 nitrogen and oxygen atoms in total. The second-order valence-corrected chi connectivity index (χ2v) is 5.82. The van der Waals surface area contributed by atoms with Crippen LogP contribution in [0, 0.1) is 0 Å². The Hall–Kier alpha value is -2.10. The monoisotopic (exact) mass is 331 g/mol. The molecule has 0 saturated carbocycles. The summed E-state index contributed by atoms with van der Waals surface area (Å²) in [7, 11) is 0. The lowest BCUT2D eigenvalue weighted by atomic mass is 9.84. The van der Waals surface area contributed by atoms with Crippen molar-refractivity contribution in [1.29, 1.82) is 0 Å². The Morgan fingerprint density at radius 3 is 2.32 bits per heavy atom. The number of carbonyl (C=O) groups is 2. The molecule has 2 aromatic carbocycles. The fourth-order valence-corrected chi connectivity index (χ4v) is 2.83. The molecule has 0 radical (unpaired) electrons. The topological polar surface area (TPSA) is 46.2 Å². The van der Waals surface area contributed by atoms with Gasteiger partial charge in [-0.2, -0.15) is 0 Å². The highest BCUT2D eigenvalue weighted by Gasteiger charge is 2.31. The van der Waals surface area contributed by atoms with E-state index in [2.05, 4.69) is 5.32 Å². The molecule has 0 fully saturated rings. The first kappa shape index (κ1) is 14.8. The SMILES string of the molecule is O=C1C=C(c2ccc(Cl)cc2)C(c2cccc(Cl)c2)C(=O)N1. The third-order valence-corrected chi connectivity index (χ3v) is 3.95. The standard InChI is InChI=1S/C17H11Cl2NO2/c18-12-6-4-10(5-7-12)14-9-15(21)20-17(22)16(14)11-2-1-3-13(19)8-11/h1-9,16H,(H,20,21,22). The van der Waals surface area contributed by atoms with Crippen molar-refractivity contribution in [3.05, 3.63) is 75.8 Å². The Morgan fingerprint density at radius 1 is 0.909 bits per heavy atom. The maximum absolute atomic E-state index is 12.3. The maximum Gasteiger partial charge on any atom is 0.250 e. The molecule has 1 aliphatic heterocycles. The minimum absolute atomic E-state index is 0.361. The van der Waals surface area contributed by atoms with E-state index in [9.17, 15) is 9.59 Å². The Morgan fingerprint density at radius 2 is 1.64 bits per heavy atom. The van der Waals surface area contributed by atoms with E-state index in [4.69, 9.17) is 23.2 Å². The molecule has 0 spiro atoms. The number of carbonyl (C=O) groups excluding carboxylic acids is 2. The summed E-state index contributed by atoms with van der Waals surface area (Å²) in [4.78, 5) is 24.0. The van der Waals surface area contributed by atoms with Gasteiger partial charge in [0.1, 0.15) is 0 Å². The van der Waals surface area contributed by atoms with Crippen molar-refractivity contribution >= 4 is 40.6 Å². The van der Waals surface area contributed by atoms with Crippen molar-refractivity contribution < 1.29 is 9.59 Å². The molecule has 1 N–H and O–H groups in total. The molecule has 2 amide bonds. The number of rotatable bonds is 2. The van der Waals surface area contributed by atoms with Gasteiger partial charge < -0.3 is 0 Å². The quantitative estimate of drug-likeness (QED) is 0.850. The summed E-state index contributed by atoms with van der Waals surface area (Å²) in [6.07, 6.45) is 1.44. The molecule has 22 heavy (non-hydrogen) atoms. The number of nitrogens with one attached hydrogen (secondary N) is 1. The first-order chi connectivity index (χ1) is 10.5. The maximum atomic E-state index is 12.3. The highest BCUT2D eigenvalue weighted by molar-refractivity contribution is 6.31. The minimum Gasteiger partial charge on any atom is -0.292 e. The molecule has 0 aromatic heterocycles. The molecule has 0 aliphatic carbocycles. The van der Waals surface area contributed by atoms with Crippen molar-refractivity contribution in [2.75, 3.05) is 0 Å². The number of imide groups is 1. The second-order valence-electron chi connectivity index (χ2n) is 4.95. The largest absolute Gasteiger partial charge is 0.292 e. The number of amides is 2.